The van der Waals surface area contributed by atoms with E-state index in [1.807, 2.05) is 0 Å². The summed E-state index contributed by atoms with van der Waals surface area (Å²) < 4.78 is 20.8. The summed E-state index contributed by atoms with van der Waals surface area (Å²) in [4.78, 5) is 31.9. The minimum Gasteiger partial charge on any atom is -0.425 e. The molecule has 2 unspecified atom stereocenters. The number of alkyl carbamates (subject to hydrolysis) is 1. The van der Waals surface area contributed by atoms with Crippen LogP contribution in [-0.2, 0) is 18.8 Å². The highest BCUT2D eigenvalue weighted by Gasteiger charge is 2.26. The molecule has 0 aliphatic heterocycles. The van der Waals surface area contributed by atoms with Gasteiger partial charge in [0.25, 0.3) is 0 Å². The van der Waals surface area contributed by atoms with Crippen molar-refractivity contribution >= 4 is 19.4 Å². The fourth-order valence-electron chi connectivity index (χ4n) is 1.11. The number of nitrogens with one attached hydrogen (secondary N) is 1. The van der Waals surface area contributed by atoms with Gasteiger partial charge in [0.05, 0.1) is 5.41 Å². The molecular formula is C12H24NO6P. The number of ether oxygens (including phenoxy) is 2. The smallest absolute Gasteiger partial charge is 0.410 e. The number of hydrogen-bond donors (Lipinski definition) is 2. The molecule has 0 aliphatic carbocycles. The molecule has 8 heteroatoms. The summed E-state index contributed by atoms with van der Waals surface area (Å²) in [5.41, 5.74) is -0.669. The zero-order valence-electron chi connectivity index (χ0n) is 12.6. The van der Waals surface area contributed by atoms with Crippen LogP contribution in [0.15, 0.2) is 0 Å². The first kappa shape index (κ1) is 18.9. The highest BCUT2D eigenvalue weighted by molar-refractivity contribution is 7.57. The van der Waals surface area contributed by atoms with Gasteiger partial charge in [0.1, 0.15) is 0 Å². The van der Waals surface area contributed by atoms with E-state index < -0.39 is 31.1 Å². The Labute approximate surface area is 119 Å². The van der Waals surface area contributed by atoms with Crippen molar-refractivity contribution in [3.05, 3.63) is 0 Å². The van der Waals surface area contributed by atoms with Crippen LogP contribution < -0.4 is 5.32 Å². The molecule has 0 aliphatic rings. The van der Waals surface area contributed by atoms with E-state index in [0.717, 1.165) is 0 Å². The highest BCUT2D eigenvalue weighted by Crippen LogP contribution is 2.35. The lowest BCUT2D eigenvalue weighted by molar-refractivity contribution is -0.174. The lowest BCUT2D eigenvalue weighted by Crippen LogP contribution is -2.33. The molecule has 0 bridgehead atoms. The molecule has 0 heterocycles. The summed E-state index contributed by atoms with van der Waals surface area (Å²) in [5.74, 6) is -0.468. The van der Waals surface area contributed by atoms with Crippen LogP contribution in [0.1, 0.15) is 34.1 Å². The summed E-state index contributed by atoms with van der Waals surface area (Å²) >= 11 is 0. The number of carbonyl (C=O) groups excluding carboxylic acids is 2. The van der Waals surface area contributed by atoms with E-state index in [-0.39, 0.29) is 12.7 Å². The summed E-state index contributed by atoms with van der Waals surface area (Å²) in [6, 6.07) is 0. The third-order valence-electron chi connectivity index (χ3n) is 2.18. The third kappa shape index (κ3) is 9.81. The van der Waals surface area contributed by atoms with Crippen LogP contribution in [0.4, 0.5) is 4.79 Å². The Kier molecular flexibility index (Phi) is 7.23. The Morgan fingerprint density at radius 1 is 1.30 bits per heavy atom. The van der Waals surface area contributed by atoms with Crippen molar-refractivity contribution in [3.63, 3.8) is 0 Å². The lowest BCUT2D eigenvalue weighted by atomic mass is 9.97. The van der Waals surface area contributed by atoms with Crippen molar-refractivity contribution in [3.8, 4) is 0 Å². The minimum absolute atomic E-state index is 0.127. The second-order valence-electron chi connectivity index (χ2n) is 5.68. The van der Waals surface area contributed by atoms with Gasteiger partial charge in [0, 0.05) is 26.3 Å². The van der Waals surface area contributed by atoms with E-state index in [1.54, 1.807) is 20.8 Å². The first-order valence-corrected chi connectivity index (χ1v) is 8.66. The molecule has 20 heavy (non-hydrogen) atoms. The van der Waals surface area contributed by atoms with Gasteiger partial charge >= 0.3 is 12.1 Å². The van der Waals surface area contributed by atoms with Crippen LogP contribution in [0.2, 0.25) is 0 Å². The lowest BCUT2D eigenvalue weighted by Gasteiger charge is -2.20. The van der Waals surface area contributed by atoms with Gasteiger partial charge in [-0.3, -0.25) is 9.36 Å². The van der Waals surface area contributed by atoms with E-state index in [0.29, 0.717) is 6.42 Å². The largest absolute Gasteiger partial charge is 0.425 e. The molecule has 7 nitrogen and oxygen atoms in total. The molecule has 0 aromatic rings. The SMILES string of the molecule is CC(OC(=O)NCCCP(C)(=O)O)OC(=O)C(C)(C)C. The van der Waals surface area contributed by atoms with E-state index in [1.165, 1.54) is 13.6 Å². The Hall–Kier alpha value is -1.07. The fourth-order valence-corrected chi connectivity index (χ4v) is 1.85. The molecular weight excluding hydrogens is 285 g/mol. The van der Waals surface area contributed by atoms with Crippen LogP contribution in [-0.4, -0.2) is 42.6 Å². The van der Waals surface area contributed by atoms with Crippen LogP contribution in [0.5, 0.6) is 0 Å². The summed E-state index contributed by atoms with van der Waals surface area (Å²) in [6.07, 6.45) is -1.22. The summed E-state index contributed by atoms with van der Waals surface area (Å²) in [5, 5.41) is 2.41. The van der Waals surface area contributed by atoms with Gasteiger partial charge in [0.2, 0.25) is 6.29 Å². The number of esters is 1. The van der Waals surface area contributed by atoms with Gasteiger partial charge < -0.3 is 19.7 Å². The fraction of sp³-hybridized carbons (Fsp3) is 0.833. The van der Waals surface area contributed by atoms with Crippen LogP contribution in [0.3, 0.4) is 0 Å². The molecule has 0 radical (unpaired) electrons. The first-order valence-electron chi connectivity index (χ1n) is 6.36. The van der Waals surface area contributed by atoms with Crippen molar-refractivity contribution in [1.29, 1.82) is 0 Å². The quantitative estimate of drug-likeness (QED) is 0.336. The van der Waals surface area contributed by atoms with Gasteiger partial charge in [-0.2, -0.15) is 0 Å². The topological polar surface area (TPSA) is 102 Å². The molecule has 0 saturated heterocycles. The van der Waals surface area contributed by atoms with Gasteiger partial charge in [-0.05, 0) is 27.2 Å². The first-order chi connectivity index (χ1) is 8.92. The second-order valence-corrected chi connectivity index (χ2v) is 8.23. The van der Waals surface area contributed by atoms with E-state index >= 15 is 0 Å². The highest BCUT2D eigenvalue weighted by atomic mass is 31.2. The molecule has 118 valence electrons. The normalized spacial score (nSPS) is 15.9. The number of hydrogen-bond acceptors (Lipinski definition) is 5. The molecule has 0 rings (SSSR count). The number of carbonyl (C=O) groups is 2. The van der Waals surface area contributed by atoms with Crippen molar-refractivity contribution in [2.75, 3.05) is 19.4 Å². The average Bonchev–Trinajstić information content (AvgIpc) is 2.21. The van der Waals surface area contributed by atoms with Gasteiger partial charge in [-0.15, -0.1) is 0 Å². The van der Waals surface area contributed by atoms with Crippen molar-refractivity contribution in [2.45, 2.75) is 40.4 Å². The monoisotopic (exact) mass is 309 g/mol. The Morgan fingerprint density at radius 2 is 1.85 bits per heavy atom. The molecule has 1 amide bonds. The maximum atomic E-state index is 11.5. The summed E-state index contributed by atoms with van der Waals surface area (Å²) in [7, 11) is -3.05. The molecule has 2 N–H and O–H groups in total. The zero-order valence-corrected chi connectivity index (χ0v) is 13.5. The Morgan fingerprint density at radius 3 is 2.30 bits per heavy atom. The van der Waals surface area contributed by atoms with Crippen LogP contribution in [0, 0.1) is 5.41 Å². The van der Waals surface area contributed by atoms with Crippen molar-refractivity contribution in [2.24, 2.45) is 5.41 Å². The maximum absolute atomic E-state index is 11.5. The Bertz CT molecular complexity index is 384. The molecule has 0 aromatic carbocycles. The molecule has 0 aromatic heterocycles. The van der Waals surface area contributed by atoms with Gasteiger partial charge in [-0.25, -0.2) is 4.79 Å². The number of rotatable bonds is 6. The molecule has 0 saturated carbocycles. The van der Waals surface area contributed by atoms with Gasteiger partial charge in [-0.1, -0.05) is 0 Å². The van der Waals surface area contributed by atoms with Crippen molar-refractivity contribution in [1.82, 2.24) is 5.32 Å². The number of amides is 1. The van der Waals surface area contributed by atoms with E-state index in [2.05, 4.69) is 5.32 Å². The minimum atomic E-state index is -3.05. The predicted octanol–water partition coefficient (Wildman–Crippen LogP) is 1.94. The third-order valence-corrected chi connectivity index (χ3v) is 3.32. The average molecular weight is 309 g/mol. The summed E-state index contributed by atoms with van der Waals surface area (Å²) in [6.45, 7) is 8.01. The van der Waals surface area contributed by atoms with E-state index in [9.17, 15) is 14.2 Å². The van der Waals surface area contributed by atoms with Crippen LogP contribution in [0.25, 0.3) is 0 Å². The van der Waals surface area contributed by atoms with Crippen LogP contribution >= 0.6 is 7.37 Å². The molecule has 0 spiro atoms. The molecule has 0 fully saturated rings. The maximum Gasteiger partial charge on any atom is 0.410 e. The Balaban J connectivity index is 3.92. The standard InChI is InChI=1S/C12H24NO6P/c1-9(18-10(14)12(2,3)4)19-11(15)13-7-6-8-20(5,16)17/h9H,6-8H2,1-5H3,(H,13,15)(H,16,17). The van der Waals surface area contributed by atoms with Gasteiger partial charge in [0.15, 0.2) is 7.37 Å². The van der Waals surface area contributed by atoms with E-state index in [4.69, 9.17) is 14.4 Å². The van der Waals surface area contributed by atoms with Crippen molar-refractivity contribution < 1.29 is 28.5 Å². The predicted molar refractivity (Wildman–Crippen MR) is 74.7 cm³/mol. The second kappa shape index (κ2) is 7.64. The zero-order chi connectivity index (χ0) is 16.0. The molecule has 2 atom stereocenters.